The minimum Gasteiger partial charge on any atom is -0.495 e. The third-order valence-corrected chi connectivity index (χ3v) is 3.04. The predicted molar refractivity (Wildman–Crippen MR) is 64.4 cm³/mol. The van der Waals surface area contributed by atoms with Crippen molar-refractivity contribution in [2.45, 2.75) is 18.9 Å². The molecule has 2 heterocycles. The Balaban J connectivity index is 2.00. The van der Waals surface area contributed by atoms with Gasteiger partial charge in [0.25, 0.3) is 0 Å². The van der Waals surface area contributed by atoms with Crippen LogP contribution in [0.15, 0.2) is 46.8 Å². The van der Waals surface area contributed by atoms with Crippen molar-refractivity contribution in [3.8, 4) is 0 Å². The van der Waals surface area contributed by atoms with Crippen LogP contribution in [0, 0.1) is 0 Å². The molecule has 17 heavy (non-hydrogen) atoms. The van der Waals surface area contributed by atoms with E-state index in [1.54, 1.807) is 6.26 Å². The first kappa shape index (κ1) is 10.4. The molecule has 0 saturated heterocycles. The molecule has 0 fully saturated rings. The number of ether oxygens (including phenoxy) is 1. The average molecular weight is 230 g/mol. The number of aliphatic hydroxyl groups is 1. The number of hydrogen-bond acceptors (Lipinski definition) is 3. The molecule has 0 amide bonds. The fraction of sp³-hybridized carbons (Fsp3) is 0.286. The largest absolute Gasteiger partial charge is 0.495 e. The number of furan rings is 1. The van der Waals surface area contributed by atoms with Gasteiger partial charge in [0.1, 0.15) is 17.4 Å². The van der Waals surface area contributed by atoms with Gasteiger partial charge in [0.05, 0.1) is 12.9 Å². The number of rotatable bonds is 2. The fourth-order valence-corrected chi connectivity index (χ4v) is 2.13. The highest BCUT2D eigenvalue weighted by atomic mass is 16.5. The van der Waals surface area contributed by atoms with Crippen molar-refractivity contribution >= 4 is 11.0 Å². The summed E-state index contributed by atoms with van der Waals surface area (Å²) < 4.78 is 10.9. The molecule has 0 radical (unpaired) electrons. The van der Waals surface area contributed by atoms with Crippen LogP contribution in [0.25, 0.3) is 11.0 Å². The summed E-state index contributed by atoms with van der Waals surface area (Å²) in [5, 5.41) is 11.2. The quantitative estimate of drug-likeness (QED) is 0.861. The summed E-state index contributed by atoms with van der Waals surface area (Å²) in [6.07, 6.45) is 4.81. The Morgan fingerprint density at radius 1 is 1.24 bits per heavy atom. The molecule has 1 aliphatic heterocycles. The minimum absolute atomic E-state index is 0.641. The molecule has 1 aliphatic rings. The second kappa shape index (κ2) is 4.26. The summed E-state index contributed by atoms with van der Waals surface area (Å²) in [4.78, 5) is 0. The van der Waals surface area contributed by atoms with Crippen LogP contribution in [0.1, 0.15) is 24.5 Å². The van der Waals surface area contributed by atoms with E-state index in [4.69, 9.17) is 9.15 Å². The molecule has 1 aromatic carbocycles. The van der Waals surface area contributed by atoms with Gasteiger partial charge in [-0.15, -0.1) is 0 Å². The fourth-order valence-electron chi connectivity index (χ4n) is 2.13. The van der Waals surface area contributed by atoms with Gasteiger partial charge in [0, 0.05) is 10.9 Å². The van der Waals surface area contributed by atoms with E-state index in [0.717, 1.165) is 29.4 Å². The molecular weight excluding hydrogens is 216 g/mol. The van der Waals surface area contributed by atoms with Crippen LogP contribution in [0.2, 0.25) is 0 Å². The molecule has 2 aromatic rings. The van der Waals surface area contributed by atoms with Crippen molar-refractivity contribution in [2.75, 3.05) is 6.61 Å². The standard InChI is InChI=1S/C14H14O3/c15-14(13-7-3-4-8-16-13)11-9-17-12-6-2-1-5-10(11)12/h1-2,5-7,9,14-15H,3-4,8H2. The lowest BCUT2D eigenvalue weighted by molar-refractivity contribution is 0.0921. The lowest BCUT2D eigenvalue weighted by Crippen LogP contribution is -2.09. The number of hydrogen-bond donors (Lipinski definition) is 1. The molecule has 88 valence electrons. The van der Waals surface area contributed by atoms with Gasteiger partial charge in [0.15, 0.2) is 0 Å². The Labute approximate surface area is 99.3 Å². The number of benzene rings is 1. The summed E-state index contributed by atoms with van der Waals surface area (Å²) in [6, 6.07) is 7.69. The van der Waals surface area contributed by atoms with E-state index < -0.39 is 6.10 Å². The highest BCUT2D eigenvalue weighted by Crippen LogP contribution is 2.32. The van der Waals surface area contributed by atoms with E-state index in [-0.39, 0.29) is 0 Å². The lowest BCUT2D eigenvalue weighted by atomic mass is 10.0. The minimum atomic E-state index is -0.723. The van der Waals surface area contributed by atoms with Gasteiger partial charge in [-0.1, -0.05) is 18.2 Å². The Morgan fingerprint density at radius 3 is 2.94 bits per heavy atom. The molecule has 3 nitrogen and oxygen atoms in total. The zero-order valence-electron chi connectivity index (χ0n) is 9.43. The van der Waals surface area contributed by atoms with Crippen molar-refractivity contribution in [2.24, 2.45) is 0 Å². The molecular formula is C14H14O3. The second-order valence-electron chi connectivity index (χ2n) is 4.19. The summed E-state index contributed by atoms with van der Waals surface area (Å²) in [5.74, 6) is 0.641. The number of aliphatic hydroxyl groups excluding tert-OH is 1. The van der Waals surface area contributed by atoms with Gasteiger partial charge in [-0.3, -0.25) is 0 Å². The smallest absolute Gasteiger partial charge is 0.139 e. The van der Waals surface area contributed by atoms with Crippen LogP contribution in [-0.2, 0) is 4.74 Å². The van der Waals surface area contributed by atoms with Gasteiger partial charge in [-0.2, -0.15) is 0 Å². The van der Waals surface area contributed by atoms with Crippen LogP contribution < -0.4 is 0 Å². The molecule has 1 atom stereocenters. The van der Waals surface area contributed by atoms with Crippen molar-refractivity contribution in [3.63, 3.8) is 0 Å². The molecule has 0 bridgehead atoms. The molecule has 0 saturated carbocycles. The van der Waals surface area contributed by atoms with E-state index in [0.29, 0.717) is 12.4 Å². The number of allylic oxidation sites excluding steroid dienone is 1. The van der Waals surface area contributed by atoms with Gasteiger partial charge in [-0.05, 0) is 25.0 Å². The SMILES string of the molecule is OC(C1=CCCCO1)c1coc2ccccc12. The Morgan fingerprint density at radius 2 is 2.12 bits per heavy atom. The van der Waals surface area contributed by atoms with Crippen LogP contribution in [0.4, 0.5) is 0 Å². The number of para-hydroxylation sites is 1. The monoisotopic (exact) mass is 230 g/mol. The van der Waals surface area contributed by atoms with E-state index in [1.165, 1.54) is 0 Å². The first-order valence-electron chi connectivity index (χ1n) is 5.83. The molecule has 1 aromatic heterocycles. The predicted octanol–water partition coefficient (Wildman–Crippen LogP) is 3.16. The molecule has 3 heteroatoms. The maximum Gasteiger partial charge on any atom is 0.139 e. The third kappa shape index (κ3) is 1.83. The molecule has 1 N–H and O–H groups in total. The van der Waals surface area contributed by atoms with E-state index >= 15 is 0 Å². The van der Waals surface area contributed by atoms with Crippen molar-refractivity contribution in [1.82, 2.24) is 0 Å². The zero-order valence-corrected chi connectivity index (χ0v) is 9.43. The Kier molecular flexibility index (Phi) is 2.61. The van der Waals surface area contributed by atoms with Crippen molar-refractivity contribution in [3.05, 3.63) is 47.9 Å². The molecule has 0 aliphatic carbocycles. The van der Waals surface area contributed by atoms with Crippen LogP contribution >= 0.6 is 0 Å². The first-order chi connectivity index (χ1) is 8.36. The van der Waals surface area contributed by atoms with Gasteiger partial charge >= 0.3 is 0 Å². The van der Waals surface area contributed by atoms with Crippen LogP contribution in [0.3, 0.4) is 0 Å². The Bertz CT molecular complexity index is 553. The summed E-state index contributed by atoms with van der Waals surface area (Å²) in [6.45, 7) is 0.679. The number of fused-ring (bicyclic) bond motifs is 1. The molecule has 0 spiro atoms. The maximum absolute atomic E-state index is 10.3. The molecule has 3 rings (SSSR count). The molecule has 1 unspecified atom stereocenters. The van der Waals surface area contributed by atoms with E-state index in [1.807, 2.05) is 30.3 Å². The van der Waals surface area contributed by atoms with Crippen molar-refractivity contribution in [1.29, 1.82) is 0 Å². The van der Waals surface area contributed by atoms with E-state index in [9.17, 15) is 5.11 Å². The highest BCUT2D eigenvalue weighted by molar-refractivity contribution is 5.81. The zero-order chi connectivity index (χ0) is 11.7. The summed E-state index contributed by atoms with van der Waals surface area (Å²) in [5.41, 5.74) is 1.56. The van der Waals surface area contributed by atoms with Gasteiger partial charge < -0.3 is 14.3 Å². The maximum atomic E-state index is 10.3. The third-order valence-electron chi connectivity index (χ3n) is 3.04. The summed E-state index contributed by atoms with van der Waals surface area (Å²) in [7, 11) is 0. The van der Waals surface area contributed by atoms with Crippen LogP contribution in [-0.4, -0.2) is 11.7 Å². The van der Waals surface area contributed by atoms with Gasteiger partial charge in [0.2, 0.25) is 0 Å². The summed E-state index contributed by atoms with van der Waals surface area (Å²) >= 11 is 0. The highest BCUT2D eigenvalue weighted by Gasteiger charge is 2.20. The first-order valence-corrected chi connectivity index (χ1v) is 5.83. The lowest BCUT2D eigenvalue weighted by Gasteiger charge is -2.19. The normalized spacial score (nSPS) is 17.6. The Hall–Kier alpha value is -1.74. The average Bonchev–Trinajstić information content (AvgIpc) is 2.83. The van der Waals surface area contributed by atoms with Gasteiger partial charge in [-0.25, -0.2) is 0 Å². The topological polar surface area (TPSA) is 42.6 Å². The van der Waals surface area contributed by atoms with Crippen LogP contribution in [0.5, 0.6) is 0 Å². The second-order valence-corrected chi connectivity index (χ2v) is 4.19. The van der Waals surface area contributed by atoms with Crippen molar-refractivity contribution < 1.29 is 14.3 Å². The van der Waals surface area contributed by atoms with E-state index in [2.05, 4.69) is 0 Å².